The Kier molecular flexibility index (Phi) is 4.80. The number of nitrogens with zero attached hydrogens (tertiary/aromatic N) is 2. The first kappa shape index (κ1) is 17.9. The first-order valence-electron chi connectivity index (χ1n) is 9.26. The van der Waals surface area contributed by atoms with Gasteiger partial charge in [-0.3, -0.25) is 19.1 Å². The Morgan fingerprint density at radius 3 is 2.74 bits per heavy atom. The Bertz CT molecular complexity index is 909. The number of nitrogens with one attached hydrogen (secondary N) is 1. The molecule has 2 aliphatic rings. The Labute approximate surface area is 156 Å². The largest absolute Gasteiger partial charge is 0.326 e. The minimum absolute atomic E-state index is 0.106. The van der Waals surface area contributed by atoms with Crippen LogP contribution in [0.4, 0.5) is 10.1 Å². The van der Waals surface area contributed by atoms with Gasteiger partial charge < -0.3 is 11.1 Å². The van der Waals surface area contributed by atoms with Gasteiger partial charge in [0.2, 0.25) is 5.91 Å². The number of halogens is 1. The van der Waals surface area contributed by atoms with E-state index < -0.39 is 5.82 Å². The van der Waals surface area contributed by atoms with Gasteiger partial charge in [-0.05, 0) is 42.9 Å². The number of carbonyl (C=O) groups is 1. The summed E-state index contributed by atoms with van der Waals surface area (Å²) < 4.78 is 15.8. The average Bonchev–Trinajstić information content (AvgIpc) is 3.41. The summed E-state index contributed by atoms with van der Waals surface area (Å²) >= 11 is 0. The van der Waals surface area contributed by atoms with Crippen LogP contribution in [-0.4, -0.2) is 41.1 Å². The predicted molar refractivity (Wildman–Crippen MR) is 101 cm³/mol. The van der Waals surface area contributed by atoms with Crippen LogP contribution in [0.3, 0.4) is 0 Å². The molecule has 4 rings (SSSR count). The second-order valence-corrected chi connectivity index (χ2v) is 7.48. The van der Waals surface area contributed by atoms with Crippen molar-refractivity contribution in [3.8, 4) is 5.69 Å². The number of pyridine rings is 1. The van der Waals surface area contributed by atoms with Crippen molar-refractivity contribution in [2.75, 3.05) is 25.0 Å². The van der Waals surface area contributed by atoms with E-state index in [1.54, 1.807) is 24.4 Å². The smallest absolute Gasteiger partial charge is 0.255 e. The molecular formula is C20H23FN4O2. The SMILES string of the molecule is NC1CN(CC(=O)Nc2ccc(-n3ccccc3=O)cc2F)CC1C1CC1. The van der Waals surface area contributed by atoms with Crippen molar-refractivity contribution >= 4 is 11.6 Å². The number of hydrogen-bond acceptors (Lipinski definition) is 4. The Morgan fingerprint density at radius 1 is 1.22 bits per heavy atom. The van der Waals surface area contributed by atoms with Gasteiger partial charge in [0.25, 0.3) is 5.56 Å². The van der Waals surface area contributed by atoms with Crippen LogP contribution in [0, 0.1) is 17.7 Å². The molecule has 1 saturated carbocycles. The summed E-state index contributed by atoms with van der Waals surface area (Å²) in [6, 6.07) is 9.17. The topological polar surface area (TPSA) is 80.4 Å². The second kappa shape index (κ2) is 7.25. The predicted octanol–water partition coefficient (Wildman–Crippen LogP) is 1.58. The highest BCUT2D eigenvalue weighted by atomic mass is 19.1. The molecule has 2 aromatic rings. The third kappa shape index (κ3) is 3.94. The summed E-state index contributed by atoms with van der Waals surface area (Å²) in [7, 11) is 0. The standard InChI is InChI=1S/C20H23FN4O2/c21-16-9-14(25-8-2-1-3-20(25)27)6-7-18(16)23-19(26)12-24-10-15(13-4-5-13)17(22)11-24/h1-3,6-9,13,15,17H,4-5,10-12,22H2,(H,23,26). The van der Waals surface area contributed by atoms with Crippen LogP contribution in [0.25, 0.3) is 5.69 Å². The Balaban J connectivity index is 1.40. The van der Waals surface area contributed by atoms with Gasteiger partial charge >= 0.3 is 0 Å². The second-order valence-electron chi connectivity index (χ2n) is 7.48. The molecule has 2 unspecified atom stereocenters. The van der Waals surface area contributed by atoms with Gasteiger partial charge in [0.1, 0.15) is 5.82 Å². The zero-order valence-electron chi connectivity index (χ0n) is 15.0. The number of likely N-dealkylation sites (tertiary alicyclic amines) is 1. The maximum Gasteiger partial charge on any atom is 0.255 e. The number of carbonyl (C=O) groups excluding carboxylic acids is 1. The minimum atomic E-state index is -0.578. The molecule has 2 heterocycles. The van der Waals surface area contributed by atoms with Crippen LogP contribution in [-0.2, 0) is 4.79 Å². The number of nitrogens with two attached hydrogens (primary N) is 1. The van der Waals surface area contributed by atoms with E-state index in [0.717, 1.165) is 6.54 Å². The molecule has 0 bridgehead atoms. The fraction of sp³-hybridized carbons (Fsp3) is 0.400. The van der Waals surface area contributed by atoms with Crippen molar-refractivity contribution in [1.82, 2.24) is 9.47 Å². The zero-order valence-corrected chi connectivity index (χ0v) is 15.0. The molecule has 1 aromatic heterocycles. The Morgan fingerprint density at radius 2 is 2.04 bits per heavy atom. The molecule has 2 fully saturated rings. The normalized spacial score (nSPS) is 22.7. The van der Waals surface area contributed by atoms with Gasteiger partial charge in [-0.15, -0.1) is 0 Å². The third-order valence-corrected chi connectivity index (χ3v) is 5.41. The van der Waals surface area contributed by atoms with Crippen molar-refractivity contribution in [2.45, 2.75) is 18.9 Å². The van der Waals surface area contributed by atoms with Crippen molar-refractivity contribution < 1.29 is 9.18 Å². The lowest BCUT2D eigenvalue weighted by atomic mass is 9.99. The molecule has 27 heavy (non-hydrogen) atoms. The van der Waals surface area contributed by atoms with E-state index >= 15 is 0 Å². The number of aromatic nitrogens is 1. The molecule has 2 atom stereocenters. The molecule has 7 heteroatoms. The maximum atomic E-state index is 14.4. The van der Waals surface area contributed by atoms with Gasteiger partial charge in [-0.25, -0.2) is 4.39 Å². The van der Waals surface area contributed by atoms with E-state index in [2.05, 4.69) is 5.32 Å². The zero-order chi connectivity index (χ0) is 19.0. The van der Waals surface area contributed by atoms with Gasteiger partial charge in [0, 0.05) is 37.5 Å². The van der Waals surface area contributed by atoms with Gasteiger partial charge in [-0.2, -0.15) is 0 Å². The van der Waals surface area contributed by atoms with Crippen LogP contribution < -0.4 is 16.6 Å². The maximum absolute atomic E-state index is 14.4. The van der Waals surface area contributed by atoms with Crippen molar-refractivity contribution in [2.24, 2.45) is 17.6 Å². The van der Waals surface area contributed by atoms with Gasteiger partial charge in [-0.1, -0.05) is 6.07 Å². The Hall–Kier alpha value is -2.51. The highest BCUT2D eigenvalue weighted by molar-refractivity contribution is 5.92. The molecule has 1 saturated heterocycles. The number of amides is 1. The lowest BCUT2D eigenvalue weighted by Gasteiger charge is -2.16. The van der Waals surface area contributed by atoms with Gasteiger partial charge in [0.15, 0.2) is 0 Å². The molecule has 0 radical (unpaired) electrons. The first-order chi connectivity index (χ1) is 13.0. The summed E-state index contributed by atoms with van der Waals surface area (Å²) in [4.78, 5) is 26.2. The summed E-state index contributed by atoms with van der Waals surface area (Å²) in [5, 5.41) is 2.62. The van der Waals surface area contributed by atoms with Crippen molar-refractivity contribution in [3.05, 3.63) is 58.8 Å². The van der Waals surface area contributed by atoms with Crippen molar-refractivity contribution in [1.29, 1.82) is 0 Å². The van der Waals surface area contributed by atoms with Crippen LogP contribution in [0.15, 0.2) is 47.4 Å². The first-order valence-corrected chi connectivity index (χ1v) is 9.26. The molecule has 142 valence electrons. The molecule has 1 aliphatic carbocycles. The fourth-order valence-electron chi connectivity index (χ4n) is 3.88. The van der Waals surface area contributed by atoms with E-state index in [-0.39, 0.29) is 29.7 Å². The summed E-state index contributed by atoms with van der Waals surface area (Å²) in [6.45, 7) is 1.74. The van der Waals surface area contributed by atoms with Crippen molar-refractivity contribution in [3.63, 3.8) is 0 Å². The summed E-state index contributed by atoms with van der Waals surface area (Å²) in [5.74, 6) is 0.338. The molecule has 1 aromatic carbocycles. The quantitative estimate of drug-likeness (QED) is 0.838. The highest BCUT2D eigenvalue weighted by Crippen LogP contribution is 2.40. The van der Waals surface area contributed by atoms with Crippen LogP contribution in [0.2, 0.25) is 0 Å². The number of rotatable bonds is 5. The molecule has 3 N–H and O–H groups in total. The lowest BCUT2D eigenvalue weighted by Crippen LogP contribution is -2.34. The van der Waals surface area contributed by atoms with E-state index in [9.17, 15) is 14.0 Å². The van der Waals surface area contributed by atoms with Crippen LogP contribution >= 0.6 is 0 Å². The van der Waals surface area contributed by atoms with E-state index in [1.165, 1.54) is 35.6 Å². The van der Waals surface area contributed by atoms with E-state index in [1.807, 2.05) is 4.90 Å². The van der Waals surface area contributed by atoms with Crippen LogP contribution in [0.1, 0.15) is 12.8 Å². The summed E-state index contributed by atoms with van der Waals surface area (Å²) in [5.41, 5.74) is 6.46. The van der Waals surface area contributed by atoms with E-state index in [0.29, 0.717) is 24.1 Å². The van der Waals surface area contributed by atoms with Crippen LogP contribution in [0.5, 0.6) is 0 Å². The minimum Gasteiger partial charge on any atom is -0.326 e. The monoisotopic (exact) mass is 370 g/mol. The average molecular weight is 370 g/mol. The molecule has 0 spiro atoms. The number of hydrogen-bond donors (Lipinski definition) is 2. The van der Waals surface area contributed by atoms with Gasteiger partial charge in [0.05, 0.1) is 17.9 Å². The molecule has 1 aliphatic heterocycles. The molecule has 1 amide bonds. The summed E-state index contributed by atoms with van der Waals surface area (Å²) in [6.07, 6.45) is 4.04. The number of benzene rings is 1. The number of anilines is 1. The lowest BCUT2D eigenvalue weighted by molar-refractivity contribution is -0.117. The molecular weight excluding hydrogens is 347 g/mol. The fourth-order valence-corrected chi connectivity index (χ4v) is 3.88. The molecule has 6 nitrogen and oxygen atoms in total. The third-order valence-electron chi connectivity index (χ3n) is 5.41. The highest BCUT2D eigenvalue weighted by Gasteiger charge is 2.41. The van der Waals surface area contributed by atoms with E-state index in [4.69, 9.17) is 5.73 Å².